The SMILES string of the molecule is Cc1cccc(C)c1NC(=O)CN1CCN(C(=O)C(C)Oc2ccccc2)CC1. The highest BCUT2D eigenvalue weighted by Gasteiger charge is 2.26. The van der Waals surface area contributed by atoms with Gasteiger partial charge in [-0.3, -0.25) is 14.5 Å². The predicted octanol–water partition coefficient (Wildman–Crippen LogP) is 2.85. The molecule has 3 rings (SSSR count). The van der Waals surface area contributed by atoms with Crippen LogP contribution in [0.5, 0.6) is 5.75 Å². The molecule has 0 aliphatic carbocycles. The minimum atomic E-state index is -0.531. The molecule has 1 fully saturated rings. The molecule has 1 unspecified atom stereocenters. The zero-order chi connectivity index (χ0) is 20.8. The molecule has 2 amide bonds. The molecule has 0 saturated carbocycles. The number of amides is 2. The Bertz CT molecular complexity index is 825. The highest BCUT2D eigenvalue weighted by Crippen LogP contribution is 2.19. The van der Waals surface area contributed by atoms with Gasteiger partial charge in [0.25, 0.3) is 5.91 Å². The van der Waals surface area contributed by atoms with E-state index in [0.717, 1.165) is 16.8 Å². The number of rotatable bonds is 6. The van der Waals surface area contributed by atoms with E-state index in [-0.39, 0.29) is 11.8 Å². The molecule has 2 aromatic rings. The summed E-state index contributed by atoms with van der Waals surface area (Å²) in [7, 11) is 0. The van der Waals surface area contributed by atoms with Crippen molar-refractivity contribution in [2.24, 2.45) is 0 Å². The third-order valence-corrected chi connectivity index (χ3v) is 5.20. The van der Waals surface area contributed by atoms with Gasteiger partial charge in [-0.05, 0) is 44.0 Å². The van der Waals surface area contributed by atoms with E-state index in [1.54, 1.807) is 6.92 Å². The molecule has 1 heterocycles. The summed E-state index contributed by atoms with van der Waals surface area (Å²) in [5.41, 5.74) is 3.00. The van der Waals surface area contributed by atoms with Crippen LogP contribution < -0.4 is 10.1 Å². The number of hydrogen-bond donors (Lipinski definition) is 1. The van der Waals surface area contributed by atoms with E-state index in [4.69, 9.17) is 4.74 Å². The van der Waals surface area contributed by atoms with Crippen LogP contribution in [0.2, 0.25) is 0 Å². The monoisotopic (exact) mass is 395 g/mol. The molecule has 0 bridgehead atoms. The highest BCUT2D eigenvalue weighted by atomic mass is 16.5. The Balaban J connectivity index is 1.46. The maximum Gasteiger partial charge on any atom is 0.263 e. The Hall–Kier alpha value is -2.86. The van der Waals surface area contributed by atoms with Gasteiger partial charge < -0.3 is 15.0 Å². The number of para-hydroxylation sites is 2. The van der Waals surface area contributed by atoms with Crippen LogP contribution in [-0.4, -0.2) is 60.4 Å². The summed E-state index contributed by atoms with van der Waals surface area (Å²) in [5.74, 6) is 0.645. The van der Waals surface area contributed by atoms with Gasteiger partial charge in [-0.1, -0.05) is 36.4 Å². The third-order valence-electron chi connectivity index (χ3n) is 5.20. The number of piperazine rings is 1. The molecule has 1 saturated heterocycles. The van der Waals surface area contributed by atoms with E-state index >= 15 is 0 Å². The molecule has 154 valence electrons. The average molecular weight is 396 g/mol. The molecule has 1 N–H and O–H groups in total. The summed E-state index contributed by atoms with van der Waals surface area (Å²) in [5, 5.41) is 3.02. The van der Waals surface area contributed by atoms with Crippen molar-refractivity contribution in [3.05, 3.63) is 59.7 Å². The normalized spacial score (nSPS) is 15.6. The van der Waals surface area contributed by atoms with Gasteiger partial charge >= 0.3 is 0 Å². The van der Waals surface area contributed by atoms with E-state index in [0.29, 0.717) is 38.5 Å². The second-order valence-corrected chi connectivity index (χ2v) is 7.49. The topological polar surface area (TPSA) is 61.9 Å². The van der Waals surface area contributed by atoms with Gasteiger partial charge in [0.05, 0.1) is 6.54 Å². The summed E-state index contributed by atoms with van der Waals surface area (Å²) < 4.78 is 5.74. The molecule has 2 aromatic carbocycles. The number of nitrogens with zero attached hydrogens (tertiary/aromatic N) is 2. The predicted molar refractivity (Wildman–Crippen MR) is 114 cm³/mol. The molecule has 1 aliphatic heterocycles. The van der Waals surface area contributed by atoms with Gasteiger partial charge in [-0.15, -0.1) is 0 Å². The Labute approximate surface area is 172 Å². The summed E-state index contributed by atoms with van der Waals surface area (Å²) in [6.45, 7) is 8.62. The number of nitrogens with one attached hydrogen (secondary N) is 1. The molecule has 6 heteroatoms. The average Bonchev–Trinajstić information content (AvgIpc) is 2.71. The first-order valence-corrected chi connectivity index (χ1v) is 10.0. The summed E-state index contributed by atoms with van der Waals surface area (Å²) in [6, 6.07) is 15.3. The molecular formula is C23H29N3O3. The van der Waals surface area contributed by atoms with Crippen LogP contribution >= 0.6 is 0 Å². The van der Waals surface area contributed by atoms with Crippen molar-refractivity contribution in [3.8, 4) is 5.75 Å². The molecule has 29 heavy (non-hydrogen) atoms. The van der Waals surface area contributed by atoms with Crippen molar-refractivity contribution in [2.75, 3.05) is 38.0 Å². The number of benzene rings is 2. The number of ether oxygens (including phenoxy) is 1. The van der Waals surface area contributed by atoms with E-state index < -0.39 is 6.10 Å². The van der Waals surface area contributed by atoms with Crippen LogP contribution in [0.1, 0.15) is 18.1 Å². The quantitative estimate of drug-likeness (QED) is 0.817. The minimum absolute atomic E-state index is 0.0199. The lowest BCUT2D eigenvalue weighted by Crippen LogP contribution is -2.53. The van der Waals surface area contributed by atoms with E-state index in [1.165, 1.54) is 0 Å². The van der Waals surface area contributed by atoms with Gasteiger partial charge in [0.15, 0.2) is 6.10 Å². The second-order valence-electron chi connectivity index (χ2n) is 7.49. The lowest BCUT2D eigenvalue weighted by Gasteiger charge is -2.35. The van der Waals surface area contributed by atoms with Crippen LogP contribution in [0.3, 0.4) is 0 Å². The van der Waals surface area contributed by atoms with Crippen LogP contribution in [0.4, 0.5) is 5.69 Å². The van der Waals surface area contributed by atoms with Gasteiger partial charge in [0, 0.05) is 31.9 Å². The number of aryl methyl sites for hydroxylation is 2. The first kappa shape index (κ1) is 20.9. The van der Waals surface area contributed by atoms with E-state index in [2.05, 4.69) is 10.2 Å². The van der Waals surface area contributed by atoms with Crippen LogP contribution in [0.25, 0.3) is 0 Å². The Kier molecular flexibility index (Phi) is 6.88. The molecule has 1 aliphatic rings. The molecule has 0 spiro atoms. The van der Waals surface area contributed by atoms with Crippen LogP contribution in [0, 0.1) is 13.8 Å². The zero-order valence-corrected chi connectivity index (χ0v) is 17.4. The first-order valence-electron chi connectivity index (χ1n) is 10.0. The van der Waals surface area contributed by atoms with Crippen LogP contribution in [-0.2, 0) is 9.59 Å². The zero-order valence-electron chi connectivity index (χ0n) is 17.4. The number of carbonyl (C=O) groups is 2. The molecule has 6 nitrogen and oxygen atoms in total. The molecule has 0 aromatic heterocycles. The van der Waals surface area contributed by atoms with Gasteiger partial charge in [0.2, 0.25) is 5.91 Å². The third kappa shape index (κ3) is 5.57. The number of carbonyl (C=O) groups excluding carboxylic acids is 2. The summed E-state index contributed by atoms with van der Waals surface area (Å²) >= 11 is 0. The first-order chi connectivity index (χ1) is 13.9. The smallest absolute Gasteiger partial charge is 0.263 e. The largest absolute Gasteiger partial charge is 0.481 e. The van der Waals surface area contributed by atoms with Crippen LogP contribution in [0.15, 0.2) is 48.5 Å². The molecule has 0 radical (unpaired) electrons. The van der Waals surface area contributed by atoms with Crippen molar-refractivity contribution < 1.29 is 14.3 Å². The van der Waals surface area contributed by atoms with E-state index in [9.17, 15) is 9.59 Å². The lowest BCUT2D eigenvalue weighted by molar-refractivity contribution is -0.139. The van der Waals surface area contributed by atoms with E-state index in [1.807, 2.05) is 67.3 Å². The highest BCUT2D eigenvalue weighted by molar-refractivity contribution is 5.93. The summed E-state index contributed by atoms with van der Waals surface area (Å²) in [6.07, 6.45) is -0.531. The van der Waals surface area contributed by atoms with Gasteiger partial charge in [0.1, 0.15) is 5.75 Å². The fourth-order valence-electron chi connectivity index (χ4n) is 3.53. The second kappa shape index (κ2) is 9.56. The fourth-order valence-corrected chi connectivity index (χ4v) is 3.53. The molecule has 1 atom stereocenters. The van der Waals surface area contributed by atoms with Gasteiger partial charge in [-0.2, -0.15) is 0 Å². The minimum Gasteiger partial charge on any atom is -0.481 e. The maximum atomic E-state index is 12.7. The van der Waals surface area contributed by atoms with Gasteiger partial charge in [-0.25, -0.2) is 0 Å². The Morgan fingerprint density at radius 3 is 2.21 bits per heavy atom. The maximum absolute atomic E-state index is 12.7. The number of hydrogen-bond acceptors (Lipinski definition) is 4. The fraction of sp³-hybridized carbons (Fsp3) is 0.391. The van der Waals surface area contributed by atoms with Crippen molar-refractivity contribution in [1.29, 1.82) is 0 Å². The van der Waals surface area contributed by atoms with Crippen molar-refractivity contribution in [3.63, 3.8) is 0 Å². The standard InChI is InChI=1S/C23H29N3O3/c1-17-8-7-9-18(2)22(17)24-21(27)16-25-12-14-26(15-13-25)23(28)19(3)29-20-10-5-4-6-11-20/h4-11,19H,12-16H2,1-3H3,(H,24,27). The Morgan fingerprint density at radius 2 is 1.59 bits per heavy atom. The van der Waals surface area contributed by atoms with Crippen molar-refractivity contribution in [2.45, 2.75) is 26.9 Å². The lowest BCUT2D eigenvalue weighted by atomic mass is 10.1. The number of anilines is 1. The van der Waals surface area contributed by atoms with Crippen molar-refractivity contribution >= 4 is 17.5 Å². The summed E-state index contributed by atoms with van der Waals surface area (Å²) in [4.78, 5) is 29.0. The molecular weight excluding hydrogens is 366 g/mol. The van der Waals surface area contributed by atoms with Crippen molar-refractivity contribution in [1.82, 2.24) is 9.80 Å². The Morgan fingerprint density at radius 1 is 0.966 bits per heavy atom.